The molecule has 0 aliphatic heterocycles. The molecule has 42 nitrogen and oxygen atoms in total. The highest BCUT2D eigenvalue weighted by atomic mass is 16.2. The number of hydrogen-bond acceptors (Lipinski definition) is 17. The SMILES string of the molecule is CC[C@H](C)[C@H](NC(=O)[C@H](Cc1c[nH]c2ccccc12)NC(=O)[C@H](CCCNC(=N)N)NC(=O)[C@H](CCCNC(=N)N)NC(=O)[C@@H](NC(=O)[C@H](Cc1c[nH]c2ccccc12)NC(=O)[C@@H](N)CCCNC(=N)N)[C@@H](C)CC)C(=O)N[C@@H](CCCNC(=N)N)C(=O)N[C@@H](Cc1c[nH]c2ccccc12)C(=O)N[C@@H](Cc1c[nH]c2ccccc12)C(=O)N[C@@H](CCCNC(=N)N)C(N)=O. The molecule has 11 amide bonds. The summed E-state index contributed by atoms with van der Waals surface area (Å²) in [6, 6.07) is 13.4. The van der Waals surface area contributed by atoms with Gasteiger partial charge in [-0.05, 0) is 123 Å². The van der Waals surface area contributed by atoms with Crippen molar-refractivity contribution < 1.29 is 52.7 Å². The summed E-state index contributed by atoms with van der Waals surface area (Å²) in [4.78, 5) is 177. The maximum Gasteiger partial charge on any atom is 0.243 e. The number of H-pyrrole nitrogens is 4. The Labute approximate surface area is 740 Å². The molecule has 0 spiro atoms. The molecular weight excluding hydrogens is 1640 g/mol. The number of aromatic amines is 4. The van der Waals surface area contributed by atoms with Gasteiger partial charge in [0.2, 0.25) is 65.0 Å². The van der Waals surface area contributed by atoms with Crippen LogP contribution in [0.4, 0.5) is 0 Å². The summed E-state index contributed by atoms with van der Waals surface area (Å²) < 4.78 is 0. The molecule has 0 saturated heterocycles. The van der Waals surface area contributed by atoms with Crippen molar-refractivity contribution in [1.29, 1.82) is 27.0 Å². The van der Waals surface area contributed by atoms with Gasteiger partial charge >= 0.3 is 0 Å². The van der Waals surface area contributed by atoms with Gasteiger partial charge < -0.3 is 140 Å². The number of benzene rings is 4. The van der Waals surface area contributed by atoms with Crippen molar-refractivity contribution in [2.45, 2.75) is 197 Å². The van der Waals surface area contributed by atoms with E-state index in [0.717, 1.165) is 21.8 Å². The smallest absolute Gasteiger partial charge is 0.243 e. The molecule has 8 aromatic rings. The van der Waals surface area contributed by atoms with E-state index in [1.54, 1.807) is 94.9 Å². The lowest BCUT2D eigenvalue weighted by Crippen LogP contribution is -2.62. The monoisotopic (exact) mass is 1770 g/mol. The molecule has 0 unspecified atom stereocenters. The number of para-hydroxylation sites is 4. The van der Waals surface area contributed by atoms with Crippen LogP contribution < -0.4 is 120 Å². The van der Waals surface area contributed by atoms with Crippen LogP contribution in [0.5, 0.6) is 0 Å². The van der Waals surface area contributed by atoms with Crippen molar-refractivity contribution >= 4 is 138 Å². The van der Waals surface area contributed by atoms with Crippen LogP contribution in [0.2, 0.25) is 0 Å². The van der Waals surface area contributed by atoms with Gasteiger partial charge in [0, 0.05) is 127 Å². The third-order valence-corrected chi connectivity index (χ3v) is 22.4. The van der Waals surface area contributed by atoms with Crippen LogP contribution in [0.1, 0.15) is 127 Å². The summed E-state index contributed by atoms with van der Waals surface area (Å²) in [6.45, 7) is 7.43. The number of fused-ring (bicyclic) bond motifs is 4. The molecule has 0 fully saturated rings. The molecule has 8 rings (SSSR count). The van der Waals surface area contributed by atoms with Crippen molar-refractivity contribution in [3.8, 4) is 0 Å². The zero-order valence-electron chi connectivity index (χ0n) is 72.4. The number of nitrogens with one attached hydrogen (secondary N) is 24. The largest absolute Gasteiger partial charge is 0.370 e. The van der Waals surface area contributed by atoms with E-state index in [2.05, 4.69) is 99.7 Å². The van der Waals surface area contributed by atoms with E-state index >= 15 is 33.6 Å². The zero-order chi connectivity index (χ0) is 93.1. The third kappa shape index (κ3) is 30.2. The van der Waals surface area contributed by atoms with Gasteiger partial charge in [-0.15, -0.1) is 0 Å². The highest BCUT2D eigenvalue weighted by Crippen LogP contribution is 2.26. The lowest BCUT2D eigenvalue weighted by molar-refractivity contribution is -0.137. The van der Waals surface area contributed by atoms with E-state index in [-0.39, 0.29) is 146 Å². The molecule has 13 atom stereocenters. The van der Waals surface area contributed by atoms with Crippen molar-refractivity contribution in [1.82, 2.24) is 99.7 Å². The van der Waals surface area contributed by atoms with E-state index in [1.807, 2.05) is 54.6 Å². The molecular formula is C86H125N31O11. The minimum atomic E-state index is -1.57. The molecule has 0 bridgehead atoms. The predicted octanol–water partition coefficient (Wildman–Crippen LogP) is -1.05. The number of amides is 11. The number of rotatable bonds is 53. The van der Waals surface area contributed by atoms with Crippen molar-refractivity contribution in [2.24, 2.45) is 52.0 Å². The number of carbonyl (C=O) groups is 11. The minimum absolute atomic E-state index is 0.0138. The van der Waals surface area contributed by atoms with Crippen molar-refractivity contribution in [2.75, 3.05) is 32.7 Å². The Morgan fingerprint density at radius 2 is 0.516 bits per heavy atom. The highest BCUT2D eigenvalue weighted by Gasteiger charge is 2.39. The molecule has 0 aliphatic rings. The molecule has 0 saturated carbocycles. The predicted molar refractivity (Wildman–Crippen MR) is 489 cm³/mol. The number of carbonyl (C=O) groups excluding carboxylic acids is 11. The van der Waals surface area contributed by atoms with Gasteiger partial charge in [0.15, 0.2) is 29.8 Å². The summed E-state index contributed by atoms with van der Waals surface area (Å²) in [5.41, 5.74) is 45.4. The molecule has 4 heterocycles. The topological polar surface area (TPSA) is 733 Å². The van der Waals surface area contributed by atoms with Crippen molar-refractivity contribution in [3.05, 3.63) is 144 Å². The Kier molecular flexibility index (Phi) is 38.1. The fraction of sp³-hybridized carbons (Fsp3) is 0.442. The maximum atomic E-state index is 15.6. The van der Waals surface area contributed by atoms with Crippen molar-refractivity contribution in [3.63, 3.8) is 0 Å². The van der Waals surface area contributed by atoms with Gasteiger partial charge in [0.05, 0.1) is 6.04 Å². The summed E-state index contributed by atoms with van der Waals surface area (Å²) >= 11 is 0. The highest BCUT2D eigenvalue weighted by molar-refractivity contribution is 6.01. The quantitative estimate of drug-likeness (QED) is 0.0123. The lowest BCUT2D eigenvalue weighted by atomic mass is 9.96. The summed E-state index contributed by atoms with van der Waals surface area (Å²) in [6.07, 6.45) is 7.12. The first-order chi connectivity index (χ1) is 61.2. The first-order valence-electron chi connectivity index (χ1n) is 42.9. The molecule has 128 heavy (non-hydrogen) atoms. The standard InChI is InChI=1S/C86H125N31O11/c1-5-46(3)69(116-78(125)67(40-50-44-106-59-27-13-9-22-54(50)59)112-72(119)56(87)24-15-33-99-82(89)90)80(127)110-63(31-18-36-102-85(95)96)73(120)109-62(30-17-35-101-84(93)94)74(121)114-68(41-51-45-107-60-28-14-10-23-55(51)60)79(126)117-70(47(4)6-2)81(128)111-64(32-19-37-103-86(97)98)75(122)113-66(39-49-43-105-58-26-12-8-21-53(49)58)77(124)115-65(38-48-42-104-57-25-11-7-20-52(48)57)76(123)108-61(71(88)118)29-16-34-100-83(91)92/h7-14,20-23,25-28,42-47,56,61-70,104-107H,5-6,15-19,24,29-41,87H2,1-4H3,(H2,88,118)(H,108,123)(H,109,120)(H,110,127)(H,111,128)(H,112,119)(H,113,122)(H,114,121)(H,115,124)(H,116,125)(H,117,126)(H4,89,90,99)(H4,91,92,100)(H4,93,94,101)(H4,95,96,102)(H4,97,98,103)/t46-,47-,56-,61-,62-,63-,64-,65-,66-,67-,68-,69-,70-/m0/s1. The first kappa shape index (κ1) is 98.9. The normalized spacial score (nSPS) is 14.3. The molecule has 42 heteroatoms. The second-order valence-corrected chi connectivity index (χ2v) is 31.9. The van der Waals surface area contributed by atoms with E-state index in [0.29, 0.717) is 56.9 Å². The van der Waals surface area contributed by atoms with E-state index in [1.165, 1.54) is 0 Å². The molecule has 4 aromatic heterocycles. The Hall–Kier alpha value is -14.5. The summed E-state index contributed by atoms with van der Waals surface area (Å²) in [7, 11) is 0. The Morgan fingerprint density at radius 1 is 0.297 bits per heavy atom. The lowest BCUT2D eigenvalue weighted by Gasteiger charge is -2.30. The van der Waals surface area contributed by atoms with Gasteiger partial charge in [-0.1, -0.05) is 113 Å². The number of nitrogens with two attached hydrogens (primary N) is 7. The van der Waals surface area contributed by atoms with Gasteiger partial charge in [-0.3, -0.25) is 79.8 Å². The van der Waals surface area contributed by atoms with E-state index in [4.69, 9.17) is 67.2 Å². The van der Waals surface area contributed by atoms with Crippen LogP contribution in [-0.2, 0) is 78.4 Å². The van der Waals surface area contributed by atoms with Crippen LogP contribution in [0.3, 0.4) is 0 Å². The van der Waals surface area contributed by atoms with Crippen LogP contribution >= 0.6 is 0 Å². The average molecular weight is 1770 g/mol. The average Bonchev–Trinajstić information content (AvgIpc) is 1.64. The fourth-order valence-corrected chi connectivity index (χ4v) is 14.9. The molecule has 690 valence electrons. The third-order valence-electron chi connectivity index (χ3n) is 22.4. The first-order valence-corrected chi connectivity index (χ1v) is 42.9. The molecule has 0 aliphatic carbocycles. The Bertz CT molecular complexity index is 5190. The minimum Gasteiger partial charge on any atom is -0.370 e. The van der Waals surface area contributed by atoms with Gasteiger partial charge in [-0.2, -0.15) is 0 Å². The van der Waals surface area contributed by atoms with E-state index < -0.39 is 149 Å². The number of aromatic nitrogens is 4. The van der Waals surface area contributed by atoms with E-state index in [9.17, 15) is 19.2 Å². The molecule has 4 aromatic carbocycles. The number of hydrogen-bond donors (Lipinski definition) is 31. The number of primary amides is 1. The molecule has 0 radical (unpaired) electrons. The summed E-state index contributed by atoms with van der Waals surface area (Å²) in [5.74, 6) is -12.4. The van der Waals surface area contributed by atoms with Crippen LogP contribution in [0.25, 0.3) is 43.6 Å². The fourth-order valence-electron chi connectivity index (χ4n) is 14.9. The van der Waals surface area contributed by atoms with Gasteiger partial charge in [0.25, 0.3) is 0 Å². The number of guanidine groups is 5. The second-order valence-electron chi connectivity index (χ2n) is 31.9. The Balaban J connectivity index is 1.09. The van der Waals surface area contributed by atoms with Crippen LogP contribution in [0, 0.1) is 38.9 Å². The second kappa shape index (κ2) is 49.3. The maximum absolute atomic E-state index is 15.6. The summed E-state index contributed by atoms with van der Waals surface area (Å²) in [5, 5.41) is 83.2. The molecule has 38 N–H and O–H groups in total. The van der Waals surface area contributed by atoms with Crippen LogP contribution in [0.15, 0.2) is 122 Å². The van der Waals surface area contributed by atoms with Crippen LogP contribution in [-0.4, -0.2) is 214 Å². The van der Waals surface area contributed by atoms with Gasteiger partial charge in [-0.25, -0.2) is 0 Å². The zero-order valence-corrected chi connectivity index (χ0v) is 72.4. The van der Waals surface area contributed by atoms with Gasteiger partial charge in [0.1, 0.15) is 60.4 Å². The Morgan fingerprint density at radius 3 is 0.781 bits per heavy atom.